The number of ether oxygens (including phenoxy) is 1. The summed E-state index contributed by atoms with van der Waals surface area (Å²) in [5, 5.41) is 6.91. The third kappa shape index (κ3) is 3.64. The molecule has 1 heterocycles. The Labute approximate surface area is 121 Å². The molecule has 0 aliphatic carbocycles. The lowest BCUT2D eigenvalue weighted by Gasteiger charge is -2.16. The number of halogens is 1. The van der Waals surface area contributed by atoms with Crippen molar-refractivity contribution in [3.8, 4) is 5.75 Å². The highest BCUT2D eigenvalue weighted by molar-refractivity contribution is 6.30. The van der Waals surface area contributed by atoms with Gasteiger partial charge in [-0.2, -0.15) is 5.10 Å². The number of anilines is 1. The molecule has 1 aromatic carbocycles. The first-order valence-electron chi connectivity index (χ1n) is 6.01. The first-order chi connectivity index (χ1) is 9.56. The summed E-state index contributed by atoms with van der Waals surface area (Å²) in [6, 6.07) is 8.60. The van der Waals surface area contributed by atoms with Crippen LogP contribution in [0.4, 0.5) is 5.82 Å². The van der Waals surface area contributed by atoms with Gasteiger partial charge in [-0.05, 0) is 18.2 Å². The summed E-state index contributed by atoms with van der Waals surface area (Å²) >= 11 is 5.85. The molecule has 0 spiro atoms. The Hall–Kier alpha value is -2.21. The van der Waals surface area contributed by atoms with Crippen molar-refractivity contribution >= 4 is 23.3 Å². The van der Waals surface area contributed by atoms with Crippen molar-refractivity contribution in [2.45, 2.75) is 0 Å². The van der Waals surface area contributed by atoms with Gasteiger partial charge in [-0.25, -0.2) is 0 Å². The zero-order chi connectivity index (χ0) is 14.5. The molecule has 0 saturated heterocycles. The largest absolute Gasteiger partial charge is 0.492 e. The SMILES string of the molecule is CN(CCOc1cccc(Cl)c1)C(=O)c1cc(N)n[nH]1. The summed E-state index contributed by atoms with van der Waals surface area (Å²) in [6.45, 7) is 0.802. The van der Waals surface area contributed by atoms with Crippen LogP contribution >= 0.6 is 11.6 Å². The molecule has 0 aliphatic rings. The third-order valence-electron chi connectivity index (χ3n) is 2.67. The lowest BCUT2D eigenvalue weighted by molar-refractivity contribution is 0.0768. The summed E-state index contributed by atoms with van der Waals surface area (Å²) in [7, 11) is 1.68. The van der Waals surface area contributed by atoms with E-state index in [9.17, 15) is 4.79 Å². The number of aromatic amines is 1. The molecule has 7 heteroatoms. The molecule has 1 amide bonds. The molecule has 0 fully saturated rings. The summed E-state index contributed by atoms with van der Waals surface area (Å²) in [5.41, 5.74) is 5.81. The van der Waals surface area contributed by atoms with Crippen LogP contribution in [-0.4, -0.2) is 41.2 Å². The third-order valence-corrected chi connectivity index (χ3v) is 2.90. The van der Waals surface area contributed by atoms with Crippen molar-refractivity contribution in [2.75, 3.05) is 25.9 Å². The van der Waals surface area contributed by atoms with E-state index in [1.165, 1.54) is 11.0 Å². The van der Waals surface area contributed by atoms with Crippen LogP contribution in [0.5, 0.6) is 5.75 Å². The molecule has 20 heavy (non-hydrogen) atoms. The topological polar surface area (TPSA) is 84.2 Å². The fourth-order valence-corrected chi connectivity index (χ4v) is 1.79. The highest BCUT2D eigenvalue weighted by Gasteiger charge is 2.13. The lowest BCUT2D eigenvalue weighted by Crippen LogP contribution is -2.31. The molecule has 2 rings (SSSR count). The molecule has 106 valence electrons. The Morgan fingerprint density at radius 1 is 1.50 bits per heavy atom. The first-order valence-corrected chi connectivity index (χ1v) is 6.39. The number of amides is 1. The number of H-pyrrole nitrogens is 1. The van der Waals surface area contributed by atoms with Gasteiger partial charge >= 0.3 is 0 Å². The van der Waals surface area contributed by atoms with Crippen LogP contribution in [0.2, 0.25) is 5.02 Å². The number of rotatable bonds is 5. The van der Waals surface area contributed by atoms with Crippen molar-refractivity contribution in [1.29, 1.82) is 0 Å². The number of nitrogens with one attached hydrogen (secondary N) is 1. The molecule has 0 radical (unpaired) electrons. The van der Waals surface area contributed by atoms with E-state index < -0.39 is 0 Å². The van der Waals surface area contributed by atoms with Gasteiger partial charge in [0.25, 0.3) is 5.91 Å². The fourth-order valence-electron chi connectivity index (χ4n) is 1.61. The molecule has 3 N–H and O–H groups in total. The van der Waals surface area contributed by atoms with Gasteiger partial charge in [0.15, 0.2) is 0 Å². The number of nitrogen functional groups attached to an aromatic ring is 1. The minimum atomic E-state index is -0.191. The molecule has 0 bridgehead atoms. The van der Waals surface area contributed by atoms with Gasteiger partial charge in [0, 0.05) is 18.1 Å². The smallest absolute Gasteiger partial charge is 0.271 e. The van der Waals surface area contributed by atoms with Crippen molar-refractivity contribution < 1.29 is 9.53 Å². The number of likely N-dealkylation sites (N-methyl/N-ethyl adjacent to an activating group) is 1. The monoisotopic (exact) mass is 294 g/mol. The molecule has 0 unspecified atom stereocenters. The van der Waals surface area contributed by atoms with E-state index in [4.69, 9.17) is 22.1 Å². The Morgan fingerprint density at radius 3 is 2.95 bits per heavy atom. The van der Waals surface area contributed by atoms with Crippen LogP contribution in [0, 0.1) is 0 Å². The zero-order valence-corrected chi connectivity index (χ0v) is 11.7. The number of benzene rings is 1. The summed E-state index contributed by atoms with van der Waals surface area (Å²) < 4.78 is 5.52. The second-order valence-electron chi connectivity index (χ2n) is 4.24. The number of aromatic nitrogens is 2. The zero-order valence-electron chi connectivity index (χ0n) is 11.0. The lowest BCUT2D eigenvalue weighted by atomic mass is 10.3. The average molecular weight is 295 g/mol. The van der Waals surface area contributed by atoms with Gasteiger partial charge in [0.05, 0.1) is 6.54 Å². The Kier molecular flexibility index (Phi) is 4.47. The van der Waals surface area contributed by atoms with Crippen LogP contribution in [0.1, 0.15) is 10.5 Å². The van der Waals surface area contributed by atoms with Crippen LogP contribution in [0.25, 0.3) is 0 Å². The molecular weight excluding hydrogens is 280 g/mol. The van der Waals surface area contributed by atoms with E-state index in [1.54, 1.807) is 25.2 Å². The Balaban J connectivity index is 1.83. The maximum atomic E-state index is 12.0. The van der Waals surface area contributed by atoms with Gasteiger partial charge in [-0.3, -0.25) is 9.89 Å². The van der Waals surface area contributed by atoms with E-state index in [0.29, 0.717) is 29.6 Å². The number of carbonyl (C=O) groups excluding carboxylic acids is 1. The summed E-state index contributed by atoms with van der Waals surface area (Å²) in [6.07, 6.45) is 0. The fraction of sp³-hybridized carbons (Fsp3) is 0.231. The Morgan fingerprint density at radius 2 is 2.30 bits per heavy atom. The van der Waals surface area contributed by atoms with E-state index in [0.717, 1.165) is 0 Å². The summed E-state index contributed by atoms with van der Waals surface area (Å²) in [4.78, 5) is 13.5. The predicted molar refractivity (Wildman–Crippen MR) is 76.9 cm³/mol. The number of hydrogen-bond donors (Lipinski definition) is 2. The van der Waals surface area contributed by atoms with Crippen LogP contribution in [-0.2, 0) is 0 Å². The second-order valence-corrected chi connectivity index (χ2v) is 4.68. The summed E-state index contributed by atoms with van der Waals surface area (Å²) in [5.74, 6) is 0.768. The minimum Gasteiger partial charge on any atom is -0.492 e. The molecule has 0 saturated carbocycles. The maximum Gasteiger partial charge on any atom is 0.271 e. The molecule has 2 aromatic rings. The van der Waals surface area contributed by atoms with Crippen molar-refractivity contribution in [3.63, 3.8) is 0 Å². The van der Waals surface area contributed by atoms with Gasteiger partial charge in [0.2, 0.25) is 0 Å². The van der Waals surface area contributed by atoms with Crippen molar-refractivity contribution in [1.82, 2.24) is 15.1 Å². The molecule has 0 atom stereocenters. The second kappa shape index (κ2) is 6.29. The number of nitrogens with two attached hydrogens (primary N) is 1. The van der Waals surface area contributed by atoms with Crippen LogP contribution in [0.3, 0.4) is 0 Å². The van der Waals surface area contributed by atoms with E-state index >= 15 is 0 Å². The number of carbonyl (C=O) groups is 1. The Bertz CT molecular complexity index is 600. The highest BCUT2D eigenvalue weighted by atomic mass is 35.5. The van der Waals surface area contributed by atoms with Gasteiger partial charge in [-0.15, -0.1) is 0 Å². The van der Waals surface area contributed by atoms with Crippen molar-refractivity contribution in [2.24, 2.45) is 0 Å². The normalized spacial score (nSPS) is 10.3. The van der Waals surface area contributed by atoms with E-state index in [-0.39, 0.29) is 11.7 Å². The number of nitrogens with zero attached hydrogens (tertiary/aromatic N) is 2. The maximum absolute atomic E-state index is 12.0. The van der Waals surface area contributed by atoms with E-state index in [2.05, 4.69) is 10.2 Å². The number of hydrogen-bond acceptors (Lipinski definition) is 4. The molecule has 6 nitrogen and oxygen atoms in total. The van der Waals surface area contributed by atoms with E-state index in [1.807, 2.05) is 6.07 Å². The average Bonchev–Trinajstić information content (AvgIpc) is 2.84. The predicted octanol–water partition coefficient (Wildman–Crippen LogP) is 1.80. The molecule has 0 aliphatic heterocycles. The van der Waals surface area contributed by atoms with Crippen LogP contribution in [0.15, 0.2) is 30.3 Å². The van der Waals surface area contributed by atoms with Crippen molar-refractivity contribution in [3.05, 3.63) is 41.0 Å². The minimum absolute atomic E-state index is 0.191. The highest BCUT2D eigenvalue weighted by Crippen LogP contribution is 2.16. The quantitative estimate of drug-likeness (QED) is 0.880. The van der Waals surface area contributed by atoms with Crippen LogP contribution < -0.4 is 10.5 Å². The van der Waals surface area contributed by atoms with Gasteiger partial charge < -0.3 is 15.4 Å². The molecule has 1 aromatic heterocycles. The van der Waals surface area contributed by atoms with Gasteiger partial charge in [-0.1, -0.05) is 17.7 Å². The first kappa shape index (κ1) is 14.2. The molecular formula is C13H15ClN4O2. The van der Waals surface area contributed by atoms with Gasteiger partial charge in [0.1, 0.15) is 23.9 Å². The standard InChI is InChI=1S/C13H15ClN4O2/c1-18(13(19)11-8-12(15)17-16-11)5-6-20-10-4-2-3-9(14)7-10/h2-4,7-8H,5-6H2,1H3,(H3,15,16,17).